The Balaban J connectivity index is 1.36. The molecule has 0 amide bonds. The summed E-state index contributed by atoms with van der Waals surface area (Å²) in [5.74, 6) is 0.858. The molecule has 5 nitrogen and oxygen atoms in total. The number of aryl methyl sites for hydroxylation is 3. The van der Waals surface area contributed by atoms with Crippen molar-refractivity contribution < 1.29 is 0 Å². The summed E-state index contributed by atoms with van der Waals surface area (Å²) >= 11 is 0. The van der Waals surface area contributed by atoms with E-state index in [1.165, 1.54) is 16.5 Å². The van der Waals surface area contributed by atoms with E-state index in [4.69, 9.17) is 5.10 Å². The third kappa shape index (κ3) is 4.64. The third-order valence-electron chi connectivity index (χ3n) is 6.05. The van der Waals surface area contributed by atoms with E-state index in [2.05, 4.69) is 64.2 Å². The third-order valence-corrected chi connectivity index (χ3v) is 6.05. The first kappa shape index (κ1) is 21.7. The lowest BCUT2D eigenvalue weighted by Crippen LogP contribution is -2.03. The Morgan fingerprint density at radius 2 is 1.82 bits per heavy atom. The summed E-state index contributed by atoms with van der Waals surface area (Å²) in [4.78, 5) is 4.62. The molecule has 2 aromatic carbocycles. The Kier molecular flexibility index (Phi) is 6.25. The second-order valence-corrected chi connectivity index (χ2v) is 8.45. The predicted octanol–water partition coefficient (Wildman–Crippen LogP) is 6.19. The van der Waals surface area contributed by atoms with Crippen molar-refractivity contribution >= 4 is 16.6 Å². The van der Waals surface area contributed by atoms with E-state index in [0.717, 1.165) is 59.5 Å². The Morgan fingerprint density at radius 3 is 2.68 bits per heavy atom. The second-order valence-electron chi connectivity index (χ2n) is 8.45. The number of aromatic nitrogens is 5. The second kappa shape index (κ2) is 9.79. The Hall–Kier alpha value is -4.12. The molecule has 5 rings (SSSR count). The van der Waals surface area contributed by atoms with Crippen molar-refractivity contribution in [1.29, 1.82) is 0 Å². The molecule has 0 aliphatic heterocycles. The number of benzene rings is 2. The van der Waals surface area contributed by atoms with Crippen LogP contribution < -0.4 is 0 Å². The van der Waals surface area contributed by atoms with Gasteiger partial charge in [-0.15, -0.1) is 10.2 Å². The minimum absolute atomic E-state index is 0.746. The van der Waals surface area contributed by atoms with Crippen LogP contribution in [-0.2, 0) is 19.3 Å². The highest BCUT2D eigenvalue weighted by molar-refractivity contribution is 5.82. The van der Waals surface area contributed by atoms with E-state index >= 15 is 0 Å². The molecule has 5 heteroatoms. The zero-order valence-corrected chi connectivity index (χ0v) is 19.4. The highest BCUT2D eigenvalue weighted by Crippen LogP contribution is 2.22. The monoisotopic (exact) mass is 445 g/mol. The van der Waals surface area contributed by atoms with Gasteiger partial charge in [0, 0.05) is 23.6 Å². The van der Waals surface area contributed by atoms with Crippen molar-refractivity contribution in [3.63, 3.8) is 0 Å². The standard InChI is InChI=1S/C29H27N5/c1-3-7-21(2)10-11-22-12-14-25-23(18-19-30-27(25)20-22)13-16-28-31-32-29-17-15-26(33-34(28)29)24-8-5-4-6-9-24/h3-9,12,14-15,17-20H,2,10-11,13,16H2,1H3/b7-3+. The average molecular weight is 446 g/mol. The van der Waals surface area contributed by atoms with E-state index in [0.29, 0.717) is 0 Å². The van der Waals surface area contributed by atoms with Crippen molar-refractivity contribution in [3.05, 3.63) is 114 Å². The normalized spacial score (nSPS) is 11.6. The molecule has 0 aliphatic rings. The number of fused-ring (bicyclic) bond motifs is 2. The summed E-state index contributed by atoms with van der Waals surface area (Å²) in [7, 11) is 0. The maximum Gasteiger partial charge on any atom is 0.177 e. The van der Waals surface area contributed by atoms with Gasteiger partial charge in [-0.1, -0.05) is 66.8 Å². The fourth-order valence-corrected chi connectivity index (χ4v) is 4.25. The molecule has 3 heterocycles. The predicted molar refractivity (Wildman–Crippen MR) is 138 cm³/mol. The smallest absolute Gasteiger partial charge is 0.177 e. The maximum absolute atomic E-state index is 4.81. The highest BCUT2D eigenvalue weighted by atomic mass is 15.4. The first-order chi connectivity index (χ1) is 16.7. The van der Waals surface area contributed by atoms with Gasteiger partial charge in [0.1, 0.15) is 0 Å². The molecule has 5 aromatic rings. The van der Waals surface area contributed by atoms with E-state index in [-0.39, 0.29) is 0 Å². The molecule has 3 aromatic heterocycles. The molecule has 0 spiro atoms. The molecule has 0 N–H and O–H groups in total. The van der Waals surface area contributed by atoms with Crippen LogP contribution in [0.3, 0.4) is 0 Å². The summed E-state index contributed by atoms with van der Waals surface area (Å²) in [5.41, 5.74) is 7.46. The molecular weight excluding hydrogens is 418 g/mol. The van der Waals surface area contributed by atoms with Gasteiger partial charge in [0.05, 0.1) is 11.2 Å². The van der Waals surface area contributed by atoms with Crippen LogP contribution in [0, 0.1) is 0 Å². The number of allylic oxidation sites excluding steroid dienone is 3. The highest BCUT2D eigenvalue weighted by Gasteiger charge is 2.11. The van der Waals surface area contributed by atoms with Crippen LogP contribution in [0.15, 0.2) is 97.2 Å². The van der Waals surface area contributed by atoms with Crippen molar-refractivity contribution in [2.75, 3.05) is 0 Å². The molecule has 168 valence electrons. The van der Waals surface area contributed by atoms with Gasteiger partial charge in [-0.3, -0.25) is 4.98 Å². The number of hydrogen-bond donors (Lipinski definition) is 0. The molecule has 0 bridgehead atoms. The summed E-state index contributed by atoms with van der Waals surface area (Å²) in [6.07, 6.45) is 9.51. The van der Waals surface area contributed by atoms with Crippen LogP contribution in [0.1, 0.15) is 30.3 Å². The minimum atomic E-state index is 0.746. The summed E-state index contributed by atoms with van der Waals surface area (Å²) in [5, 5.41) is 14.7. The van der Waals surface area contributed by atoms with Gasteiger partial charge in [0.25, 0.3) is 0 Å². The van der Waals surface area contributed by atoms with Gasteiger partial charge in [-0.05, 0) is 61.6 Å². The molecular formula is C29H27N5. The minimum Gasteiger partial charge on any atom is -0.256 e. The van der Waals surface area contributed by atoms with Gasteiger partial charge in [-0.25, -0.2) is 0 Å². The van der Waals surface area contributed by atoms with E-state index in [1.54, 1.807) is 0 Å². The van der Waals surface area contributed by atoms with Crippen LogP contribution in [0.4, 0.5) is 0 Å². The number of hydrogen-bond acceptors (Lipinski definition) is 4. The fourth-order valence-electron chi connectivity index (χ4n) is 4.25. The van der Waals surface area contributed by atoms with Crippen molar-refractivity contribution in [2.24, 2.45) is 0 Å². The van der Waals surface area contributed by atoms with Crippen molar-refractivity contribution in [2.45, 2.75) is 32.6 Å². The first-order valence-electron chi connectivity index (χ1n) is 11.6. The van der Waals surface area contributed by atoms with E-state index in [9.17, 15) is 0 Å². The van der Waals surface area contributed by atoms with Gasteiger partial charge in [0.15, 0.2) is 11.5 Å². The van der Waals surface area contributed by atoms with Crippen molar-refractivity contribution in [1.82, 2.24) is 24.8 Å². The average Bonchev–Trinajstić information content (AvgIpc) is 3.29. The molecule has 0 radical (unpaired) electrons. The van der Waals surface area contributed by atoms with E-state index < -0.39 is 0 Å². The number of pyridine rings is 1. The van der Waals surface area contributed by atoms with Crippen LogP contribution in [0.5, 0.6) is 0 Å². The molecule has 0 fully saturated rings. The molecule has 0 saturated carbocycles. The quantitative estimate of drug-likeness (QED) is 0.267. The maximum atomic E-state index is 4.81. The number of rotatable bonds is 8. The lowest BCUT2D eigenvalue weighted by Gasteiger charge is -2.08. The molecule has 0 saturated heterocycles. The van der Waals surface area contributed by atoms with Crippen LogP contribution in [-0.4, -0.2) is 24.8 Å². The summed E-state index contributed by atoms with van der Waals surface area (Å²) in [6.45, 7) is 6.13. The zero-order valence-electron chi connectivity index (χ0n) is 19.4. The number of nitrogens with zero attached hydrogens (tertiary/aromatic N) is 5. The van der Waals surface area contributed by atoms with Gasteiger partial charge < -0.3 is 0 Å². The molecule has 0 unspecified atom stereocenters. The zero-order chi connectivity index (χ0) is 23.3. The molecule has 0 atom stereocenters. The largest absolute Gasteiger partial charge is 0.256 e. The van der Waals surface area contributed by atoms with E-state index in [1.807, 2.05) is 54.0 Å². The van der Waals surface area contributed by atoms with Gasteiger partial charge in [-0.2, -0.15) is 9.61 Å². The molecule has 0 aliphatic carbocycles. The lowest BCUT2D eigenvalue weighted by molar-refractivity contribution is 0.788. The Morgan fingerprint density at radius 1 is 0.941 bits per heavy atom. The summed E-state index contributed by atoms with van der Waals surface area (Å²) in [6, 6.07) is 22.8. The van der Waals surface area contributed by atoms with Crippen LogP contribution in [0.2, 0.25) is 0 Å². The first-order valence-corrected chi connectivity index (χ1v) is 11.6. The van der Waals surface area contributed by atoms with Gasteiger partial charge >= 0.3 is 0 Å². The SMILES string of the molecule is C=C(/C=C/C)CCc1ccc2c(CCc3nnc4ccc(-c5ccccc5)nn34)ccnc2c1. The topological polar surface area (TPSA) is 56.0 Å². The van der Waals surface area contributed by atoms with Crippen molar-refractivity contribution in [3.8, 4) is 11.3 Å². The fraction of sp³-hybridized carbons (Fsp3) is 0.172. The Labute approximate surface area is 199 Å². The van der Waals surface area contributed by atoms with Crippen LogP contribution in [0.25, 0.3) is 27.8 Å². The molecule has 34 heavy (non-hydrogen) atoms. The lowest BCUT2D eigenvalue weighted by atomic mass is 10.00. The summed E-state index contributed by atoms with van der Waals surface area (Å²) < 4.78 is 1.86. The van der Waals surface area contributed by atoms with Crippen LogP contribution >= 0.6 is 0 Å². The Bertz CT molecular complexity index is 1480. The van der Waals surface area contributed by atoms with Gasteiger partial charge in [0.2, 0.25) is 0 Å².